The van der Waals surface area contributed by atoms with Gasteiger partial charge in [0.25, 0.3) is 0 Å². The van der Waals surface area contributed by atoms with Gasteiger partial charge >= 0.3 is 0 Å². The molecule has 0 unspecified atom stereocenters. The SMILES string of the molecule is COc1ccc2nc(N)n(CC3CCC(C)CC3)c2n1. The zero-order chi connectivity index (χ0) is 14.1. The van der Waals surface area contributed by atoms with Crippen molar-refractivity contribution >= 4 is 17.1 Å². The molecular formula is C15H22N4O. The molecular weight excluding hydrogens is 252 g/mol. The van der Waals surface area contributed by atoms with E-state index >= 15 is 0 Å². The number of rotatable bonds is 3. The Morgan fingerprint density at radius 2 is 2.00 bits per heavy atom. The van der Waals surface area contributed by atoms with Crippen LogP contribution in [0.1, 0.15) is 32.6 Å². The van der Waals surface area contributed by atoms with Crippen molar-refractivity contribution in [3.05, 3.63) is 12.1 Å². The molecule has 1 saturated carbocycles. The van der Waals surface area contributed by atoms with E-state index in [0.29, 0.717) is 17.7 Å². The van der Waals surface area contributed by atoms with Crippen LogP contribution >= 0.6 is 0 Å². The summed E-state index contributed by atoms with van der Waals surface area (Å²) in [6, 6.07) is 3.73. The van der Waals surface area contributed by atoms with E-state index in [9.17, 15) is 0 Å². The van der Waals surface area contributed by atoms with E-state index in [0.717, 1.165) is 23.6 Å². The first-order valence-electron chi connectivity index (χ1n) is 7.34. The highest BCUT2D eigenvalue weighted by Crippen LogP contribution is 2.31. The summed E-state index contributed by atoms with van der Waals surface area (Å²) in [4.78, 5) is 8.88. The van der Waals surface area contributed by atoms with E-state index in [-0.39, 0.29) is 0 Å². The predicted molar refractivity (Wildman–Crippen MR) is 79.6 cm³/mol. The molecule has 1 fully saturated rings. The monoisotopic (exact) mass is 274 g/mol. The van der Waals surface area contributed by atoms with Crippen LogP contribution in [0.5, 0.6) is 5.88 Å². The number of nitrogens with zero attached hydrogens (tertiary/aromatic N) is 3. The molecule has 5 nitrogen and oxygen atoms in total. The minimum absolute atomic E-state index is 0.555. The fourth-order valence-corrected chi connectivity index (χ4v) is 3.07. The molecule has 2 aromatic heterocycles. The molecule has 2 N–H and O–H groups in total. The van der Waals surface area contributed by atoms with Crippen molar-refractivity contribution in [1.29, 1.82) is 0 Å². The lowest BCUT2D eigenvalue weighted by atomic mass is 9.83. The first kappa shape index (κ1) is 13.2. The highest BCUT2D eigenvalue weighted by Gasteiger charge is 2.21. The fourth-order valence-electron chi connectivity index (χ4n) is 3.07. The van der Waals surface area contributed by atoms with Crippen LogP contribution in [-0.2, 0) is 6.54 Å². The van der Waals surface area contributed by atoms with Gasteiger partial charge in [-0.05, 0) is 30.7 Å². The maximum Gasteiger partial charge on any atom is 0.215 e. The third kappa shape index (κ3) is 2.44. The number of methoxy groups -OCH3 is 1. The normalized spacial score (nSPS) is 23.1. The van der Waals surface area contributed by atoms with Crippen LogP contribution in [0.25, 0.3) is 11.2 Å². The van der Waals surface area contributed by atoms with Crippen LogP contribution in [0.4, 0.5) is 5.95 Å². The average Bonchev–Trinajstić information content (AvgIpc) is 2.77. The molecule has 2 heterocycles. The smallest absolute Gasteiger partial charge is 0.215 e. The van der Waals surface area contributed by atoms with Crippen LogP contribution in [-0.4, -0.2) is 21.6 Å². The first-order chi connectivity index (χ1) is 9.67. The lowest BCUT2D eigenvalue weighted by Gasteiger charge is -2.26. The van der Waals surface area contributed by atoms with Gasteiger partial charge in [-0.15, -0.1) is 0 Å². The molecule has 1 aliphatic carbocycles. The van der Waals surface area contributed by atoms with E-state index in [4.69, 9.17) is 10.5 Å². The molecule has 5 heteroatoms. The van der Waals surface area contributed by atoms with Crippen molar-refractivity contribution in [2.24, 2.45) is 11.8 Å². The van der Waals surface area contributed by atoms with Crippen molar-refractivity contribution in [3.63, 3.8) is 0 Å². The highest BCUT2D eigenvalue weighted by molar-refractivity contribution is 5.74. The number of aromatic nitrogens is 3. The van der Waals surface area contributed by atoms with Crippen LogP contribution < -0.4 is 10.5 Å². The highest BCUT2D eigenvalue weighted by atomic mass is 16.5. The molecule has 2 aromatic rings. The molecule has 0 saturated heterocycles. The second-order valence-corrected chi connectivity index (χ2v) is 5.90. The Balaban J connectivity index is 1.88. The Hall–Kier alpha value is -1.78. The molecule has 0 bridgehead atoms. The number of nitrogen functional groups attached to an aromatic ring is 1. The summed E-state index contributed by atoms with van der Waals surface area (Å²) in [7, 11) is 1.63. The average molecular weight is 274 g/mol. The largest absolute Gasteiger partial charge is 0.481 e. The van der Waals surface area contributed by atoms with E-state index in [1.54, 1.807) is 7.11 Å². The summed E-state index contributed by atoms with van der Waals surface area (Å²) in [6.45, 7) is 3.25. The molecule has 3 rings (SSSR count). The van der Waals surface area contributed by atoms with Crippen molar-refractivity contribution in [1.82, 2.24) is 14.5 Å². The van der Waals surface area contributed by atoms with Gasteiger partial charge in [-0.3, -0.25) is 4.57 Å². The topological polar surface area (TPSA) is 66.0 Å². The van der Waals surface area contributed by atoms with Crippen molar-refractivity contribution in [2.45, 2.75) is 39.2 Å². The number of hydrogen-bond donors (Lipinski definition) is 1. The number of pyridine rings is 1. The summed E-state index contributed by atoms with van der Waals surface area (Å²) >= 11 is 0. The van der Waals surface area contributed by atoms with Crippen molar-refractivity contribution in [3.8, 4) is 5.88 Å². The van der Waals surface area contributed by atoms with Gasteiger partial charge in [0.1, 0.15) is 5.52 Å². The third-order valence-electron chi connectivity index (χ3n) is 4.38. The zero-order valence-corrected chi connectivity index (χ0v) is 12.2. The molecule has 108 valence electrons. The second kappa shape index (κ2) is 5.31. The molecule has 0 amide bonds. The molecule has 0 atom stereocenters. The fraction of sp³-hybridized carbons (Fsp3) is 0.600. The summed E-state index contributed by atoms with van der Waals surface area (Å²) < 4.78 is 7.24. The quantitative estimate of drug-likeness (QED) is 0.934. The maximum absolute atomic E-state index is 6.06. The zero-order valence-electron chi connectivity index (χ0n) is 12.2. The van der Waals surface area contributed by atoms with Gasteiger partial charge in [-0.1, -0.05) is 19.8 Å². The Labute approximate surface area is 119 Å². The maximum atomic E-state index is 6.06. The first-order valence-corrected chi connectivity index (χ1v) is 7.34. The summed E-state index contributed by atoms with van der Waals surface area (Å²) in [5.41, 5.74) is 7.73. The Morgan fingerprint density at radius 3 is 2.70 bits per heavy atom. The van der Waals surface area contributed by atoms with E-state index < -0.39 is 0 Å². The molecule has 0 radical (unpaired) electrons. The van der Waals surface area contributed by atoms with Crippen LogP contribution in [0.2, 0.25) is 0 Å². The Bertz CT molecular complexity index is 599. The minimum atomic E-state index is 0.555. The van der Waals surface area contributed by atoms with Crippen molar-refractivity contribution < 1.29 is 4.74 Å². The van der Waals surface area contributed by atoms with Gasteiger partial charge in [0, 0.05) is 12.6 Å². The lowest BCUT2D eigenvalue weighted by Crippen LogP contribution is -2.18. The lowest BCUT2D eigenvalue weighted by molar-refractivity contribution is 0.267. The van der Waals surface area contributed by atoms with Gasteiger partial charge in [0.05, 0.1) is 7.11 Å². The summed E-state index contributed by atoms with van der Waals surface area (Å²) in [5, 5.41) is 0. The molecule has 1 aliphatic rings. The third-order valence-corrected chi connectivity index (χ3v) is 4.38. The van der Waals surface area contributed by atoms with E-state index in [2.05, 4.69) is 16.9 Å². The number of nitrogens with two attached hydrogens (primary N) is 1. The van der Waals surface area contributed by atoms with Crippen LogP contribution in [0.3, 0.4) is 0 Å². The number of ether oxygens (including phenoxy) is 1. The molecule has 0 aromatic carbocycles. The standard InChI is InChI=1S/C15H22N4O/c1-10-3-5-11(6-4-10)9-19-14-12(17-15(19)16)7-8-13(18-14)20-2/h7-8,10-11H,3-6,9H2,1-2H3,(H2,16,17). The van der Waals surface area contributed by atoms with Gasteiger partial charge in [0.2, 0.25) is 11.8 Å². The minimum Gasteiger partial charge on any atom is -0.481 e. The number of fused-ring (bicyclic) bond motifs is 1. The van der Waals surface area contributed by atoms with Crippen LogP contribution in [0.15, 0.2) is 12.1 Å². The van der Waals surface area contributed by atoms with Gasteiger partial charge in [-0.2, -0.15) is 4.98 Å². The number of imidazole rings is 1. The number of anilines is 1. The van der Waals surface area contributed by atoms with Gasteiger partial charge in [0.15, 0.2) is 5.65 Å². The summed E-state index contributed by atoms with van der Waals surface area (Å²) in [6.07, 6.45) is 5.16. The van der Waals surface area contributed by atoms with E-state index in [1.807, 2.05) is 16.7 Å². The van der Waals surface area contributed by atoms with Gasteiger partial charge in [-0.25, -0.2) is 4.98 Å². The second-order valence-electron chi connectivity index (χ2n) is 5.90. The van der Waals surface area contributed by atoms with Crippen molar-refractivity contribution in [2.75, 3.05) is 12.8 Å². The van der Waals surface area contributed by atoms with Gasteiger partial charge < -0.3 is 10.5 Å². The predicted octanol–water partition coefficient (Wildman–Crippen LogP) is 2.85. The molecule has 0 aliphatic heterocycles. The molecule has 0 spiro atoms. The number of hydrogen-bond acceptors (Lipinski definition) is 4. The van der Waals surface area contributed by atoms with E-state index in [1.165, 1.54) is 25.7 Å². The Kier molecular flexibility index (Phi) is 3.51. The molecule has 20 heavy (non-hydrogen) atoms. The van der Waals surface area contributed by atoms with Crippen LogP contribution in [0, 0.1) is 11.8 Å². The Morgan fingerprint density at radius 1 is 1.25 bits per heavy atom. The summed E-state index contributed by atoms with van der Waals surface area (Å²) in [5.74, 6) is 2.70.